The Balaban J connectivity index is 0.739. The zero-order valence-electron chi connectivity index (χ0n) is 33.7. The van der Waals surface area contributed by atoms with Gasteiger partial charge in [-0.05, 0) is 133 Å². The van der Waals surface area contributed by atoms with E-state index in [1.54, 1.807) is 6.07 Å². The van der Waals surface area contributed by atoms with Crippen LogP contribution in [0.2, 0.25) is 0 Å². The Morgan fingerprint density at radius 2 is 1.43 bits per heavy atom. The lowest BCUT2D eigenvalue weighted by Gasteiger charge is -2.38. The van der Waals surface area contributed by atoms with Gasteiger partial charge in [0.1, 0.15) is 23.6 Å². The number of carbonyl (C=O) groups is 5. The van der Waals surface area contributed by atoms with E-state index in [0.717, 1.165) is 79.7 Å². The molecule has 2 N–H and O–H groups in total. The van der Waals surface area contributed by atoms with Crippen LogP contribution in [0.1, 0.15) is 124 Å². The van der Waals surface area contributed by atoms with Crippen molar-refractivity contribution in [2.45, 2.75) is 107 Å². The molecule has 4 aliphatic heterocycles. The maximum absolute atomic E-state index is 13.9. The molecule has 0 radical (unpaired) electrons. The number of fused-ring (bicyclic) bond motifs is 3. The third-order valence-corrected chi connectivity index (χ3v) is 14.1. The lowest BCUT2D eigenvalue weighted by atomic mass is 9.69. The lowest BCUT2D eigenvalue weighted by Crippen LogP contribution is -2.54. The number of phenols is 1. The summed E-state index contributed by atoms with van der Waals surface area (Å²) in [6, 6.07) is 28.0. The normalized spacial score (nSPS) is 26.7. The number of imide groups is 2. The average molecular weight is 807 g/mol. The first kappa shape index (κ1) is 38.4. The van der Waals surface area contributed by atoms with Gasteiger partial charge in [0.15, 0.2) is 0 Å². The number of aromatic hydroxyl groups is 1. The molecule has 2 aliphatic carbocycles. The Morgan fingerprint density at radius 1 is 0.717 bits per heavy atom. The van der Waals surface area contributed by atoms with Crippen molar-refractivity contribution in [2.75, 3.05) is 13.1 Å². The van der Waals surface area contributed by atoms with Crippen LogP contribution in [-0.4, -0.2) is 80.6 Å². The molecule has 4 atom stereocenters. The number of hydrogen-bond donors (Lipinski definition) is 2. The number of phenolic OH excluding ortho intramolecular Hbond substituents is 1. The summed E-state index contributed by atoms with van der Waals surface area (Å²) in [5.41, 5.74) is 7.71. The third-order valence-electron chi connectivity index (χ3n) is 14.1. The minimum atomic E-state index is -0.974. The van der Waals surface area contributed by atoms with Gasteiger partial charge in [0.25, 0.3) is 11.8 Å². The molecule has 11 heteroatoms. The van der Waals surface area contributed by atoms with Crippen molar-refractivity contribution in [2.24, 2.45) is 5.92 Å². The van der Waals surface area contributed by atoms with Crippen molar-refractivity contribution in [1.82, 2.24) is 20.0 Å². The van der Waals surface area contributed by atoms with Crippen molar-refractivity contribution < 1.29 is 33.8 Å². The van der Waals surface area contributed by atoms with Gasteiger partial charge in [-0.1, -0.05) is 48.5 Å². The number of aryl methyl sites for hydroxylation is 1. The number of amides is 5. The SMILES string of the molecule is O=C1CCC(N2C(=O)c3cc4c(cc3C2=O)CN(C2CCC(C(=O)N3CCCC(Oc5ccc([C@@H]6c7ccc(O)cc7CC[C@@H]6c6ccccc6)cc5)C3)CC2)C4)C(=O)N1. The summed E-state index contributed by atoms with van der Waals surface area (Å²) in [4.78, 5) is 70.3. The molecular formula is C49H50N4O7. The fourth-order valence-corrected chi connectivity index (χ4v) is 11.1. The molecule has 0 aromatic heterocycles. The number of nitrogens with one attached hydrogen (secondary N) is 1. The molecule has 60 heavy (non-hydrogen) atoms. The molecule has 3 fully saturated rings. The van der Waals surface area contributed by atoms with E-state index in [0.29, 0.717) is 48.5 Å². The summed E-state index contributed by atoms with van der Waals surface area (Å²) in [5, 5.41) is 12.5. The van der Waals surface area contributed by atoms with Gasteiger partial charge in [0.2, 0.25) is 17.7 Å². The van der Waals surface area contributed by atoms with Crippen LogP contribution >= 0.6 is 0 Å². The van der Waals surface area contributed by atoms with Gasteiger partial charge >= 0.3 is 0 Å². The maximum Gasteiger partial charge on any atom is 0.262 e. The van der Waals surface area contributed by atoms with Crippen molar-refractivity contribution in [1.29, 1.82) is 0 Å². The number of nitrogens with zero attached hydrogens (tertiary/aromatic N) is 3. The second-order valence-corrected chi connectivity index (χ2v) is 17.7. The van der Waals surface area contributed by atoms with E-state index < -0.39 is 29.7 Å². The summed E-state index contributed by atoms with van der Waals surface area (Å²) in [6.07, 6.45) is 7.36. The van der Waals surface area contributed by atoms with E-state index >= 15 is 0 Å². The molecule has 2 saturated heterocycles. The zero-order chi connectivity index (χ0) is 41.1. The van der Waals surface area contributed by atoms with Gasteiger partial charge in [-0.15, -0.1) is 0 Å². The summed E-state index contributed by atoms with van der Waals surface area (Å²) in [6.45, 7) is 2.67. The zero-order valence-corrected chi connectivity index (χ0v) is 33.7. The summed E-state index contributed by atoms with van der Waals surface area (Å²) in [5.74, 6) is -0.118. The van der Waals surface area contributed by atoms with Gasteiger partial charge in [0, 0.05) is 43.9 Å². The Kier molecular flexibility index (Phi) is 10.0. The summed E-state index contributed by atoms with van der Waals surface area (Å²) in [7, 11) is 0. The first-order chi connectivity index (χ1) is 29.2. The Bertz CT molecular complexity index is 2330. The number of ether oxygens (including phenoxy) is 1. The number of rotatable bonds is 7. The van der Waals surface area contributed by atoms with Crippen molar-refractivity contribution >= 4 is 29.5 Å². The van der Waals surface area contributed by atoms with Gasteiger partial charge in [-0.3, -0.25) is 39.1 Å². The van der Waals surface area contributed by atoms with Crippen LogP contribution in [0.4, 0.5) is 0 Å². The van der Waals surface area contributed by atoms with E-state index in [4.69, 9.17) is 4.74 Å². The number of carbonyl (C=O) groups excluding carboxylic acids is 5. The van der Waals surface area contributed by atoms with E-state index in [1.807, 2.05) is 23.1 Å². The molecule has 6 aliphatic rings. The topological polar surface area (TPSA) is 137 Å². The van der Waals surface area contributed by atoms with E-state index in [2.05, 4.69) is 70.9 Å². The van der Waals surface area contributed by atoms with Gasteiger partial charge in [-0.2, -0.15) is 0 Å². The Morgan fingerprint density at radius 3 is 2.13 bits per heavy atom. The lowest BCUT2D eigenvalue weighted by molar-refractivity contribution is -0.140. The van der Waals surface area contributed by atoms with E-state index in [1.165, 1.54) is 22.3 Å². The molecule has 4 heterocycles. The first-order valence-electron chi connectivity index (χ1n) is 21.7. The molecule has 4 aromatic carbocycles. The molecule has 11 nitrogen and oxygen atoms in total. The fourth-order valence-electron chi connectivity index (χ4n) is 11.1. The van der Waals surface area contributed by atoms with E-state index in [-0.39, 0.29) is 36.7 Å². The minimum Gasteiger partial charge on any atom is -0.508 e. The highest BCUT2D eigenvalue weighted by molar-refractivity contribution is 6.23. The van der Waals surface area contributed by atoms with Crippen molar-refractivity contribution in [3.05, 3.63) is 129 Å². The highest BCUT2D eigenvalue weighted by Crippen LogP contribution is 2.47. The third kappa shape index (κ3) is 7.06. The monoisotopic (exact) mass is 806 g/mol. The summed E-state index contributed by atoms with van der Waals surface area (Å²) >= 11 is 0. The molecular weight excluding hydrogens is 757 g/mol. The Hall–Kier alpha value is -5.81. The maximum atomic E-state index is 13.9. The summed E-state index contributed by atoms with van der Waals surface area (Å²) < 4.78 is 6.56. The molecule has 308 valence electrons. The highest BCUT2D eigenvalue weighted by atomic mass is 16.5. The molecule has 0 spiro atoms. The molecule has 4 aromatic rings. The van der Waals surface area contributed by atoms with Crippen LogP contribution in [0.15, 0.2) is 84.9 Å². The highest BCUT2D eigenvalue weighted by Gasteiger charge is 2.46. The average Bonchev–Trinajstić information content (AvgIpc) is 3.80. The Labute approximate surface area is 349 Å². The largest absolute Gasteiger partial charge is 0.508 e. The molecule has 1 saturated carbocycles. The predicted octanol–water partition coefficient (Wildman–Crippen LogP) is 6.60. The first-order valence-corrected chi connectivity index (χ1v) is 21.7. The molecule has 2 unspecified atom stereocenters. The van der Waals surface area contributed by atoms with Crippen LogP contribution in [0.5, 0.6) is 11.5 Å². The number of piperidine rings is 2. The minimum absolute atomic E-state index is 0.0144. The smallest absolute Gasteiger partial charge is 0.262 e. The molecule has 5 amide bonds. The number of likely N-dealkylation sites (tertiary alicyclic amines) is 1. The standard InChI is InChI=1S/C49H50N4O7/c54-36-15-19-40-32(23-36)12-18-39(29-5-2-1-3-6-29)45(40)30-10-16-37(17-11-30)60-38-7-4-22-51(28-38)47(57)31-8-13-35(14-9-31)52-26-33-24-41-42(25-34(33)27-52)49(59)53(48(41)58)43-20-21-44(55)50-46(43)56/h1-3,5-6,10-11,15-17,19,23-25,31,35,38-39,43,45,54H,4,7-9,12-14,18,20-22,26-28H2,(H,50,55,56)/t31?,35?,38?,39-,43?,45+/m1/s1. The fraction of sp³-hybridized carbons (Fsp3) is 0.408. The quantitative estimate of drug-likeness (QED) is 0.200. The predicted molar refractivity (Wildman–Crippen MR) is 222 cm³/mol. The van der Waals surface area contributed by atoms with Crippen LogP contribution < -0.4 is 10.1 Å². The molecule has 0 bridgehead atoms. The number of benzene rings is 4. The van der Waals surface area contributed by atoms with E-state index in [9.17, 15) is 29.1 Å². The van der Waals surface area contributed by atoms with Gasteiger partial charge < -0.3 is 14.7 Å². The second-order valence-electron chi connectivity index (χ2n) is 17.7. The van der Waals surface area contributed by atoms with Gasteiger partial charge in [-0.25, -0.2) is 0 Å². The second kappa shape index (κ2) is 15.7. The van der Waals surface area contributed by atoms with Crippen LogP contribution in [0.3, 0.4) is 0 Å². The van der Waals surface area contributed by atoms with Crippen LogP contribution in [-0.2, 0) is 33.9 Å². The van der Waals surface area contributed by atoms with Crippen LogP contribution in [0.25, 0.3) is 0 Å². The molecule has 10 rings (SSSR count). The van der Waals surface area contributed by atoms with Crippen molar-refractivity contribution in [3.63, 3.8) is 0 Å². The van der Waals surface area contributed by atoms with Crippen LogP contribution in [0, 0.1) is 5.92 Å². The number of hydrogen-bond acceptors (Lipinski definition) is 8. The van der Waals surface area contributed by atoms with Gasteiger partial charge in [0.05, 0.1) is 17.7 Å². The van der Waals surface area contributed by atoms with Crippen molar-refractivity contribution in [3.8, 4) is 11.5 Å².